The van der Waals surface area contributed by atoms with Crippen LogP contribution < -0.4 is 10.9 Å². The third kappa shape index (κ3) is 3.65. The number of pyridine rings is 2. The molecule has 1 unspecified atom stereocenters. The maximum Gasteiger partial charge on any atom is 0.337 e. The predicted molar refractivity (Wildman–Crippen MR) is 115 cm³/mol. The minimum Gasteiger partial charge on any atom is -0.478 e. The lowest BCUT2D eigenvalue weighted by atomic mass is 10.1. The molecular formula is C23H20N4O3. The molecule has 0 fully saturated rings. The fourth-order valence-corrected chi connectivity index (χ4v) is 3.47. The first-order valence-electron chi connectivity index (χ1n) is 9.47. The molecular weight excluding hydrogens is 380 g/mol. The standard InChI is InChI=1S/C23H20N4O3/c1-14-11-18(15(2)25-19-6-4-3-5-17(19)23(29)30)22-26-20(12-21(28)27(22)13-14)16-7-9-24-10-8-16/h3-13,15,25H,1-2H3,(H,29,30). The van der Waals surface area contributed by atoms with Gasteiger partial charge in [0.25, 0.3) is 5.56 Å². The number of fused-ring (bicyclic) bond motifs is 1. The summed E-state index contributed by atoms with van der Waals surface area (Å²) in [6.45, 7) is 3.82. The second-order valence-corrected chi connectivity index (χ2v) is 7.10. The second kappa shape index (κ2) is 7.79. The number of carboxylic acids is 1. The Hall–Kier alpha value is -4.00. The number of nitrogens with one attached hydrogen (secondary N) is 1. The highest BCUT2D eigenvalue weighted by Gasteiger charge is 2.17. The Morgan fingerprint density at radius 3 is 2.60 bits per heavy atom. The Balaban J connectivity index is 1.85. The van der Waals surface area contributed by atoms with Crippen LogP contribution in [0.15, 0.2) is 71.9 Å². The zero-order chi connectivity index (χ0) is 21.3. The van der Waals surface area contributed by atoms with E-state index in [0.717, 1.165) is 16.7 Å². The smallest absolute Gasteiger partial charge is 0.337 e. The van der Waals surface area contributed by atoms with Gasteiger partial charge < -0.3 is 10.4 Å². The van der Waals surface area contributed by atoms with E-state index in [4.69, 9.17) is 4.98 Å². The Morgan fingerprint density at radius 1 is 1.13 bits per heavy atom. The maximum atomic E-state index is 12.8. The molecule has 3 heterocycles. The number of benzene rings is 1. The highest BCUT2D eigenvalue weighted by atomic mass is 16.4. The number of aromatic carboxylic acids is 1. The Morgan fingerprint density at radius 2 is 1.87 bits per heavy atom. The van der Waals surface area contributed by atoms with Crippen molar-refractivity contribution in [3.8, 4) is 11.3 Å². The number of nitrogens with zero attached hydrogens (tertiary/aromatic N) is 3. The summed E-state index contributed by atoms with van der Waals surface area (Å²) >= 11 is 0. The summed E-state index contributed by atoms with van der Waals surface area (Å²) in [6, 6.07) is 13.5. The minimum atomic E-state index is -1.01. The van der Waals surface area contributed by atoms with E-state index in [2.05, 4.69) is 10.3 Å². The molecule has 0 amide bonds. The quantitative estimate of drug-likeness (QED) is 0.527. The molecule has 0 radical (unpaired) electrons. The van der Waals surface area contributed by atoms with Gasteiger partial charge in [-0.05, 0) is 49.7 Å². The number of carboxylic acid groups (broad SMARTS) is 1. The highest BCUT2D eigenvalue weighted by Crippen LogP contribution is 2.26. The first kappa shape index (κ1) is 19.3. The second-order valence-electron chi connectivity index (χ2n) is 7.10. The van der Waals surface area contributed by atoms with Crippen LogP contribution in [0, 0.1) is 6.92 Å². The molecule has 1 atom stereocenters. The molecule has 4 rings (SSSR count). The molecule has 7 heteroatoms. The fourth-order valence-electron chi connectivity index (χ4n) is 3.47. The summed E-state index contributed by atoms with van der Waals surface area (Å²) in [6.07, 6.45) is 5.06. The topological polar surface area (TPSA) is 96.6 Å². The van der Waals surface area contributed by atoms with Crippen LogP contribution in [0.1, 0.15) is 34.5 Å². The van der Waals surface area contributed by atoms with Gasteiger partial charge in [0.1, 0.15) is 5.65 Å². The van der Waals surface area contributed by atoms with E-state index in [-0.39, 0.29) is 17.2 Å². The number of hydrogen-bond acceptors (Lipinski definition) is 5. The molecule has 0 bridgehead atoms. The lowest BCUT2D eigenvalue weighted by Crippen LogP contribution is -2.19. The van der Waals surface area contributed by atoms with Crippen molar-refractivity contribution in [2.24, 2.45) is 0 Å². The van der Waals surface area contributed by atoms with Gasteiger partial charge in [0.2, 0.25) is 0 Å². The molecule has 7 nitrogen and oxygen atoms in total. The Labute approximate surface area is 172 Å². The number of aromatic nitrogens is 3. The first-order chi connectivity index (χ1) is 14.4. The Bertz CT molecular complexity index is 1300. The largest absolute Gasteiger partial charge is 0.478 e. The third-order valence-corrected chi connectivity index (χ3v) is 4.90. The summed E-state index contributed by atoms with van der Waals surface area (Å²) < 4.78 is 1.52. The van der Waals surface area contributed by atoms with Gasteiger partial charge in [0, 0.05) is 41.5 Å². The van der Waals surface area contributed by atoms with Crippen molar-refractivity contribution in [2.75, 3.05) is 5.32 Å². The van der Waals surface area contributed by atoms with Crippen molar-refractivity contribution >= 4 is 17.3 Å². The van der Waals surface area contributed by atoms with Crippen LogP contribution in [-0.4, -0.2) is 25.4 Å². The lowest BCUT2D eigenvalue weighted by Gasteiger charge is -2.20. The molecule has 0 saturated heterocycles. The molecule has 2 N–H and O–H groups in total. The molecule has 150 valence electrons. The van der Waals surface area contributed by atoms with Crippen molar-refractivity contribution in [3.05, 3.63) is 94.2 Å². The van der Waals surface area contributed by atoms with Gasteiger partial charge >= 0.3 is 5.97 Å². The van der Waals surface area contributed by atoms with Gasteiger partial charge in [-0.15, -0.1) is 0 Å². The Kier molecular flexibility index (Phi) is 5.02. The van der Waals surface area contributed by atoms with Gasteiger partial charge in [0.05, 0.1) is 17.3 Å². The van der Waals surface area contributed by atoms with Gasteiger partial charge in [-0.1, -0.05) is 12.1 Å². The molecule has 30 heavy (non-hydrogen) atoms. The molecule has 0 saturated carbocycles. The molecule has 3 aromatic heterocycles. The summed E-state index contributed by atoms with van der Waals surface area (Å²) in [5, 5.41) is 12.7. The van der Waals surface area contributed by atoms with Crippen molar-refractivity contribution in [1.29, 1.82) is 0 Å². The molecule has 0 aliphatic rings. The molecule has 4 aromatic rings. The van der Waals surface area contributed by atoms with Crippen molar-refractivity contribution in [1.82, 2.24) is 14.4 Å². The predicted octanol–water partition coefficient (Wildman–Crippen LogP) is 3.94. The van der Waals surface area contributed by atoms with Crippen LogP contribution in [-0.2, 0) is 0 Å². The zero-order valence-electron chi connectivity index (χ0n) is 16.5. The molecule has 0 spiro atoms. The summed E-state index contributed by atoms with van der Waals surface area (Å²) in [5.41, 5.74) is 4.08. The van der Waals surface area contributed by atoms with Crippen molar-refractivity contribution < 1.29 is 9.90 Å². The maximum absolute atomic E-state index is 12.8. The average Bonchev–Trinajstić information content (AvgIpc) is 2.74. The molecule has 1 aromatic carbocycles. The van der Waals surface area contributed by atoms with Crippen molar-refractivity contribution in [3.63, 3.8) is 0 Å². The van der Waals surface area contributed by atoms with E-state index < -0.39 is 5.97 Å². The zero-order valence-corrected chi connectivity index (χ0v) is 16.5. The number of carbonyl (C=O) groups is 1. The van der Waals surface area contributed by atoms with E-state index in [1.165, 1.54) is 10.5 Å². The number of para-hydroxylation sites is 1. The number of aryl methyl sites for hydroxylation is 1. The van der Waals surface area contributed by atoms with Gasteiger partial charge in [-0.2, -0.15) is 0 Å². The number of anilines is 1. The van der Waals surface area contributed by atoms with Gasteiger partial charge in [0.15, 0.2) is 0 Å². The van der Waals surface area contributed by atoms with Crippen molar-refractivity contribution in [2.45, 2.75) is 19.9 Å². The van der Waals surface area contributed by atoms with E-state index >= 15 is 0 Å². The summed E-state index contributed by atoms with van der Waals surface area (Å²) in [7, 11) is 0. The van der Waals surface area contributed by atoms with Gasteiger partial charge in [-0.25, -0.2) is 9.78 Å². The van der Waals surface area contributed by atoms with Crippen LogP contribution in [0.25, 0.3) is 16.9 Å². The molecule has 0 aliphatic carbocycles. The molecule has 0 aliphatic heterocycles. The monoisotopic (exact) mass is 400 g/mol. The van der Waals surface area contributed by atoms with E-state index in [1.54, 1.807) is 55.0 Å². The van der Waals surface area contributed by atoms with E-state index in [1.807, 2.05) is 19.9 Å². The minimum absolute atomic E-state index is 0.184. The highest BCUT2D eigenvalue weighted by molar-refractivity contribution is 5.94. The van der Waals surface area contributed by atoms with Crippen LogP contribution in [0.4, 0.5) is 5.69 Å². The SMILES string of the molecule is Cc1cc(C(C)Nc2ccccc2C(=O)O)c2nc(-c3ccncc3)cc(=O)n2c1. The lowest BCUT2D eigenvalue weighted by molar-refractivity contribution is 0.0698. The fraction of sp³-hybridized carbons (Fsp3) is 0.130. The number of rotatable bonds is 5. The third-order valence-electron chi connectivity index (χ3n) is 4.90. The normalized spacial score (nSPS) is 11.9. The first-order valence-corrected chi connectivity index (χ1v) is 9.47. The summed E-state index contributed by atoms with van der Waals surface area (Å²) in [4.78, 5) is 33.1. The van der Waals surface area contributed by atoms with Crippen LogP contribution >= 0.6 is 0 Å². The van der Waals surface area contributed by atoms with Gasteiger partial charge in [-0.3, -0.25) is 14.2 Å². The van der Waals surface area contributed by atoms with Crippen LogP contribution in [0.5, 0.6) is 0 Å². The van der Waals surface area contributed by atoms with Crippen LogP contribution in [0.2, 0.25) is 0 Å². The average molecular weight is 400 g/mol. The number of hydrogen-bond donors (Lipinski definition) is 2. The van der Waals surface area contributed by atoms with E-state index in [0.29, 0.717) is 17.0 Å². The van der Waals surface area contributed by atoms with E-state index in [9.17, 15) is 14.7 Å². The van der Waals surface area contributed by atoms with Crippen LogP contribution in [0.3, 0.4) is 0 Å². The summed E-state index contributed by atoms with van der Waals surface area (Å²) in [5.74, 6) is -1.01.